The minimum absolute atomic E-state index is 0.0789. The van der Waals surface area contributed by atoms with Crippen molar-refractivity contribution >= 4 is 26.7 Å². The van der Waals surface area contributed by atoms with Crippen molar-refractivity contribution in [2.24, 2.45) is 0 Å². The quantitative estimate of drug-likeness (QED) is 0.775. The maximum Gasteiger partial charge on any atom is 0.0760 e. The van der Waals surface area contributed by atoms with Gasteiger partial charge in [0.05, 0.1) is 11.7 Å². The Kier molecular flexibility index (Phi) is 3.81. The van der Waals surface area contributed by atoms with Crippen LogP contribution in [0, 0.1) is 0 Å². The number of hydrogen-bond acceptors (Lipinski definition) is 2. The zero-order chi connectivity index (χ0) is 13.9. The number of rotatable bonds is 3. The zero-order valence-electron chi connectivity index (χ0n) is 11.2. The van der Waals surface area contributed by atoms with E-state index in [1.54, 1.807) is 0 Å². The summed E-state index contributed by atoms with van der Waals surface area (Å²) in [6, 6.07) is 19.0. The van der Waals surface area contributed by atoms with Gasteiger partial charge >= 0.3 is 0 Å². The van der Waals surface area contributed by atoms with Gasteiger partial charge in [-0.05, 0) is 57.5 Å². The molecule has 3 aromatic rings. The third kappa shape index (κ3) is 2.47. The van der Waals surface area contributed by atoms with Gasteiger partial charge in [-0.15, -0.1) is 0 Å². The van der Waals surface area contributed by atoms with E-state index >= 15 is 0 Å². The van der Waals surface area contributed by atoms with Crippen molar-refractivity contribution in [3.8, 4) is 0 Å². The normalized spacial score (nSPS) is 12.5. The van der Waals surface area contributed by atoms with Gasteiger partial charge in [-0.3, -0.25) is 4.98 Å². The summed E-state index contributed by atoms with van der Waals surface area (Å²) in [5.41, 5.74) is 2.22. The van der Waals surface area contributed by atoms with E-state index < -0.39 is 0 Å². The molecule has 0 saturated carbocycles. The second-order valence-electron chi connectivity index (χ2n) is 4.70. The molecule has 0 spiro atoms. The van der Waals surface area contributed by atoms with Crippen LogP contribution in [0.2, 0.25) is 0 Å². The molecule has 0 aliphatic carbocycles. The molecule has 1 heterocycles. The van der Waals surface area contributed by atoms with E-state index in [1.165, 1.54) is 16.3 Å². The van der Waals surface area contributed by atoms with Crippen LogP contribution in [-0.2, 0) is 0 Å². The third-order valence-electron chi connectivity index (χ3n) is 3.46. The number of nitrogens with zero attached hydrogens (tertiary/aromatic N) is 1. The van der Waals surface area contributed by atoms with Gasteiger partial charge in [-0.2, -0.15) is 0 Å². The summed E-state index contributed by atoms with van der Waals surface area (Å²) in [4.78, 5) is 4.50. The highest BCUT2D eigenvalue weighted by molar-refractivity contribution is 9.10. The predicted molar refractivity (Wildman–Crippen MR) is 86.8 cm³/mol. The highest BCUT2D eigenvalue weighted by Crippen LogP contribution is 2.28. The summed E-state index contributed by atoms with van der Waals surface area (Å²) < 4.78 is 1.02. The Morgan fingerprint density at radius 2 is 1.80 bits per heavy atom. The van der Waals surface area contributed by atoms with Gasteiger partial charge in [0.2, 0.25) is 0 Å². The Labute approximate surface area is 127 Å². The summed E-state index contributed by atoms with van der Waals surface area (Å²) in [6.45, 7) is 0. The van der Waals surface area contributed by atoms with Crippen LogP contribution in [0.4, 0.5) is 0 Å². The van der Waals surface area contributed by atoms with Crippen LogP contribution in [0.1, 0.15) is 17.3 Å². The molecular weight excluding hydrogens is 312 g/mol. The number of aromatic nitrogens is 1. The summed E-state index contributed by atoms with van der Waals surface area (Å²) in [6.07, 6.45) is 1.82. The second-order valence-corrected chi connectivity index (χ2v) is 5.55. The largest absolute Gasteiger partial charge is 0.308 e. The van der Waals surface area contributed by atoms with Gasteiger partial charge < -0.3 is 5.32 Å². The first kappa shape index (κ1) is 13.3. The van der Waals surface area contributed by atoms with Crippen molar-refractivity contribution in [1.82, 2.24) is 10.3 Å². The van der Waals surface area contributed by atoms with Gasteiger partial charge in [0.1, 0.15) is 0 Å². The Balaban J connectivity index is 2.10. The van der Waals surface area contributed by atoms with Crippen LogP contribution in [0.15, 0.2) is 65.3 Å². The van der Waals surface area contributed by atoms with E-state index in [-0.39, 0.29) is 6.04 Å². The van der Waals surface area contributed by atoms with Crippen LogP contribution < -0.4 is 5.32 Å². The molecule has 20 heavy (non-hydrogen) atoms. The molecule has 0 amide bonds. The van der Waals surface area contributed by atoms with Crippen LogP contribution in [-0.4, -0.2) is 12.0 Å². The molecule has 2 aromatic carbocycles. The summed E-state index contributed by atoms with van der Waals surface area (Å²) in [5.74, 6) is 0. The van der Waals surface area contributed by atoms with Gasteiger partial charge in [0.25, 0.3) is 0 Å². The molecule has 0 fully saturated rings. The van der Waals surface area contributed by atoms with E-state index in [1.807, 2.05) is 25.4 Å². The first-order valence-electron chi connectivity index (χ1n) is 6.56. The topological polar surface area (TPSA) is 24.9 Å². The Hall–Kier alpha value is -1.71. The number of hydrogen-bond donors (Lipinski definition) is 1. The highest BCUT2D eigenvalue weighted by Gasteiger charge is 2.16. The molecule has 3 rings (SSSR count). The first-order chi connectivity index (χ1) is 9.79. The summed E-state index contributed by atoms with van der Waals surface area (Å²) >= 11 is 3.58. The molecule has 0 aliphatic rings. The van der Waals surface area contributed by atoms with E-state index in [9.17, 15) is 0 Å². The van der Waals surface area contributed by atoms with E-state index in [0.29, 0.717) is 0 Å². The maximum atomic E-state index is 4.50. The molecule has 100 valence electrons. The Bertz CT molecular complexity index is 740. The van der Waals surface area contributed by atoms with Gasteiger partial charge in [0, 0.05) is 10.7 Å². The molecule has 0 aliphatic heterocycles. The van der Waals surface area contributed by atoms with Crippen LogP contribution in [0.25, 0.3) is 10.8 Å². The van der Waals surface area contributed by atoms with Crippen LogP contribution >= 0.6 is 15.9 Å². The van der Waals surface area contributed by atoms with Crippen molar-refractivity contribution in [2.75, 3.05) is 7.05 Å². The van der Waals surface area contributed by atoms with Crippen LogP contribution in [0.3, 0.4) is 0 Å². The summed E-state index contributed by atoms with van der Waals surface area (Å²) in [5, 5.41) is 5.85. The Morgan fingerprint density at radius 1 is 1.00 bits per heavy atom. The molecule has 1 atom stereocenters. The molecule has 1 unspecified atom stereocenters. The fourth-order valence-electron chi connectivity index (χ4n) is 2.46. The lowest BCUT2D eigenvalue weighted by Gasteiger charge is -2.18. The SMILES string of the molecule is CNC(c1ccc2ccccc2c1)c1ncccc1Br. The minimum Gasteiger partial charge on any atom is -0.308 e. The number of benzene rings is 2. The van der Waals surface area contributed by atoms with Gasteiger partial charge in [0.15, 0.2) is 0 Å². The number of pyridine rings is 1. The van der Waals surface area contributed by atoms with Crippen molar-refractivity contribution in [1.29, 1.82) is 0 Å². The van der Waals surface area contributed by atoms with E-state index in [2.05, 4.69) is 68.7 Å². The average Bonchev–Trinajstić information content (AvgIpc) is 2.50. The van der Waals surface area contributed by atoms with Crippen molar-refractivity contribution in [3.63, 3.8) is 0 Å². The fraction of sp³-hybridized carbons (Fsp3) is 0.118. The lowest BCUT2D eigenvalue weighted by Crippen LogP contribution is -2.19. The molecule has 1 N–H and O–H groups in total. The third-order valence-corrected chi connectivity index (χ3v) is 4.13. The molecule has 2 nitrogen and oxygen atoms in total. The summed E-state index contributed by atoms with van der Waals surface area (Å²) in [7, 11) is 1.96. The first-order valence-corrected chi connectivity index (χ1v) is 7.35. The van der Waals surface area contributed by atoms with Crippen molar-refractivity contribution in [3.05, 3.63) is 76.5 Å². The smallest absolute Gasteiger partial charge is 0.0760 e. The minimum atomic E-state index is 0.0789. The average molecular weight is 327 g/mol. The van der Waals surface area contributed by atoms with Gasteiger partial charge in [-0.25, -0.2) is 0 Å². The lowest BCUT2D eigenvalue weighted by atomic mass is 9.99. The van der Waals surface area contributed by atoms with Crippen molar-refractivity contribution in [2.45, 2.75) is 6.04 Å². The fourth-order valence-corrected chi connectivity index (χ4v) is 2.94. The lowest BCUT2D eigenvalue weighted by molar-refractivity contribution is 0.668. The maximum absolute atomic E-state index is 4.50. The number of nitrogens with one attached hydrogen (secondary N) is 1. The monoisotopic (exact) mass is 326 g/mol. The van der Waals surface area contributed by atoms with E-state index in [4.69, 9.17) is 0 Å². The molecule has 0 radical (unpaired) electrons. The molecule has 3 heteroatoms. The highest BCUT2D eigenvalue weighted by atomic mass is 79.9. The second kappa shape index (κ2) is 5.73. The predicted octanol–water partition coefficient (Wildman–Crippen LogP) is 4.31. The number of halogens is 1. The molecule has 1 aromatic heterocycles. The van der Waals surface area contributed by atoms with Crippen LogP contribution in [0.5, 0.6) is 0 Å². The standard InChI is InChI=1S/C17H15BrN2/c1-19-16(17-15(18)7-4-10-20-17)14-9-8-12-5-2-3-6-13(12)11-14/h2-11,16,19H,1H3. The van der Waals surface area contributed by atoms with E-state index in [0.717, 1.165) is 10.2 Å². The zero-order valence-corrected chi connectivity index (χ0v) is 12.8. The van der Waals surface area contributed by atoms with Crippen molar-refractivity contribution < 1.29 is 0 Å². The number of fused-ring (bicyclic) bond motifs is 1. The Morgan fingerprint density at radius 3 is 2.55 bits per heavy atom. The van der Waals surface area contributed by atoms with Gasteiger partial charge in [-0.1, -0.05) is 36.4 Å². The molecule has 0 bridgehead atoms. The molecular formula is C17H15BrN2. The molecule has 0 saturated heterocycles.